The molecule has 0 spiro atoms. The van der Waals surface area contributed by atoms with E-state index in [-0.39, 0.29) is 4.83 Å². The van der Waals surface area contributed by atoms with Crippen LogP contribution in [0.25, 0.3) is 0 Å². The van der Waals surface area contributed by atoms with Crippen LogP contribution >= 0.6 is 39.1 Å². The third-order valence-corrected chi connectivity index (χ3v) is 4.35. The van der Waals surface area contributed by atoms with Gasteiger partial charge in [0.15, 0.2) is 0 Å². The van der Waals surface area contributed by atoms with E-state index in [0.717, 1.165) is 22.6 Å². The molecule has 0 amide bonds. The number of benzene rings is 2. The minimum absolute atomic E-state index is 0.0938. The number of hydrogen-bond acceptors (Lipinski definition) is 2. The summed E-state index contributed by atoms with van der Waals surface area (Å²) in [6.45, 7) is 0. The summed E-state index contributed by atoms with van der Waals surface area (Å²) in [5.74, 6) is 1.53. The van der Waals surface area contributed by atoms with Crippen LogP contribution in [0.4, 0.5) is 0 Å². The molecule has 2 aromatic carbocycles. The monoisotopic (exact) mass is 374 g/mol. The summed E-state index contributed by atoms with van der Waals surface area (Å²) in [7, 11) is 3.26. The fraction of sp³-hybridized carbons (Fsp3) is 0.200. The van der Waals surface area contributed by atoms with Crippen LogP contribution in [0.3, 0.4) is 0 Å². The summed E-state index contributed by atoms with van der Waals surface area (Å²) in [5.41, 5.74) is 1.90. The van der Waals surface area contributed by atoms with Crippen LogP contribution in [0.15, 0.2) is 36.4 Å². The van der Waals surface area contributed by atoms with Gasteiger partial charge in [0, 0.05) is 15.6 Å². The van der Waals surface area contributed by atoms with E-state index in [0.29, 0.717) is 10.0 Å². The first-order valence-corrected chi connectivity index (χ1v) is 7.54. The van der Waals surface area contributed by atoms with Crippen molar-refractivity contribution in [3.8, 4) is 11.5 Å². The highest BCUT2D eigenvalue weighted by Crippen LogP contribution is 2.40. The van der Waals surface area contributed by atoms with Gasteiger partial charge in [0.05, 0.1) is 19.0 Å². The summed E-state index contributed by atoms with van der Waals surface area (Å²) < 4.78 is 10.7. The van der Waals surface area contributed by atoms with Crippen molar-refractivity contribution in [3.05, 3.63) is 57.6 Å². The Morgan fingerprint density at radius 1 is 0.950 bits per heavy atom. The molecular formula is C15H13BrCl2O2. The molecule has 5 heteroatoms. The van der Waals surface area contributed by atoms with Crippen LogP contribution < -0.4 is 9.47 Å². The maximum Gasteiger partial charge on any atom is 0.123 e. The number of rotatable bonds is 4. The smallest absolute Gasteiger partial charge is 0.123 e. The molecule has 0 radical (unpaired) electrons. The lowest BCUT2D eigenvalue weighted by Gasteiger charge is -2.16. The average Bonchev–Trinajstić information content (AvgIpc) is 2.44. The number of hydrogen-bond donors (Lipinski definition) is 0. The van der Waals surface area contributed by atoms with Crippen molar-refractivity contribution in [3.63, 3.8) is 0 Å². The first-order valence-electron chi connectivity index (χ1n) is 5.87. The Morgan fingerprint density at radius 3 is 2.15 bits per heavy atom. The standard InChI is InChI=1S/C15H13BrCl2O2/c1-19-12-3-4-14(20-2)13(8-12)15(16)9-5-10(17)7-11(18)6-9/h3-8,15H,1-2H3. The summed E-state index contributed by atoms with van der Waals surface area (Å²) >= 11 is 15.8. The Hall–Kier alpha value is -0.900. The van der Waals surface area contributed by atoms with Crippen molar-refractivity contribution in [1.82, 2.24) is 0 Å². The van der Waals surface area contributed by atoms with Crippen LogP contribution in [-0.4, -0.2) is 14.2 Å². The second-order valence-electron chi connectivity index (χ2n) is 4.17. The van der Waals surface area contributed by atoms with E-state index in [1.54, 1.807) is 20.3 Å². The lowest BCUT2D eigenvalue weighted by atomic mass is 10.0. The lowest BCUT2D eigenvalue weighted by molar-refractivity contribution is 0.399. The van der Waals surface area contributed by atoms with Gasteiger partial charge in [-0.1, -0.05) is 39.1 Å². The molecule has 0 fully saturated rings. The predicted octanol–water partition coefficient (Wildman–Crippen LogP) is 5.49. The number of halogens is 3. The largest absolute Gasteiger partial charge is 0.497 e. The van der Waals surface area contributed by atoms with Crippen molar-refractivity contribution in [2.75, 3.05) is 14.2 Å². The van der Waals surface area contributed by atoms with E-state index in [4.69, 9.17) is 32.7 Å². The maximum absolute atomic E-state index is 6.05. The van der Waals surface area contributed by atoms with Crippen molar-refractivity contribution < 1.29 is 9.47 Å². The SMILES string of the molecule is COc1ccc(OC)c(C(Br)c2cc(Cl)cc(Cl)c2)c1. The summed E-state index contributed by atoms with van der Waals surface area (Å²) in [6.07, 6.45) is 0. The normalized spacial score (nSPS) is 12.1. The Labute approximate surface area is 136 Å². The highest BCUT2D eigenvalue weighted by atomic mass is 79.9. The Bertz CT molecular complexity index is 597. The molecule has 1 atom stereocenters. The zero-order valence-corrected chi connectivity index (χ0v) is 14.1. The number of ether oxygens (including phenoxy) is 2. The molecular weight excluding hydrogens is 363 g/mol. The second kappa shape index (κ2) is 6.70. The van der Waals surface area contributed by atoms with Crippen molar-refractivity contribution in [2.45, 2.75) is 4.83 Å². The fourth-order valence-corrected chi connectivity index (χ4v) is 3.10. The van der Waals surface area contributed by atoms with Crippen LogP contribution in [0.5, 0.6) is 11.5 Å². The first-order chi connectivity index (χ1) is 9.55. The van der Waals surface area contributed by atoms with Crippen LogP contribution in [0.2, 0.25) is 10.0 Å². The molecule has 0 aliphatic rings. The first kappa shape index (κ1) is 15.5. The topological polar surface area (TPSA) is 18.5 Å². The van der Waals surface area contributed by atoms with E-state index >= 15 is 0 Å². The van der Waals surface area contributed by atoms with Gasteiger partial charge in [0.2, 0.25) is 0 Å². The number of methoxy groups -OCH3 is 2. The van der Waals surface area contributed by atoms with Gasteiger partial charge in [-0.2, -0.15) is 0 Å². The Kier molecular flexibility index (Phi) is 5.19. The lowest BCUT2D eigenvalue weighted by Crippen LogP contribution is -1.98. The molecule has 2 aromatic rings. The van der Waals surface area contributed by atoms with E-state index < -0.39 is 0 Å². The van der Waals surface area contributed by atoms with E-state index in [1.165, 1.54) is 0 Å². The van der Waals surface area contributed by atoms with Gasteiger partial charge in [-0.3, -0.25) is 0 Å². The molecule has 0 heterocycles. The second-order valence-corrected chi connectivity index (χ2v) is 5.96. The summed E-state index contributed by atoms with van der Waals surface area (Å²) in [6, 6.07) is 11.1. The van der Waals surface area contributed by atoms with Gasteiger partial charge in [-0.05, 0) is 42.0 Å². The fourth-order valence-electron chi connectivity index (χ4n) is 1.94. The molecule has 0 aliphatic heterocycles. The van der Waals surface area contributed by atoms with Crippen molar-refractivity contribution >= 4 is 39.1 Å². The highest BCUT2D eigenvalue weighted by Gasteiger charge is 2.17. The molecule has 2 nitrogen and oxygen atoms in total. The molecule has 0 aromatic heterocycles. The van der Waals surface area contributed by atoms with E-state index in [2.05, 4.69) is 15.9 Å². The minimum Gasteiger partial charge on any atom is -0.497 e. The van der Waals surface area contributed by atoms with Crippen molar-refractivity contribution in [1.29, 1.82) is 0 Å². The summed E-state index contributed by atoms with van der Waals surface area (Å²) in [5, 5.41) is 1.19. The van der Waals surface area contributed by atoms with Crippen LogP contribution in [0, 0.1) is 0 Å². The minimum atomic E-state index is -0.0938. The maximum atomic E-state index is 6.05. The van der Waals surface area contributed by atoms with Crippen molar-refractivity contribution in [2.24, 2.45) is 0 Å². The Balaban J connectivity index is 2.48. The molecule has 0 bridgehead atoms. The van der Waals surface area contributed by atoms with Gasteiger partial charge < -0.3 is 9.47 Å². The predicted molar refractivity (Wildman–Crippen MR) is 86.8 cm³/mol. The zero-order valence-electron chi connectivity index (χ0n) is 11.0. The van der Waals surface area contributed by atoms with Crippen LogP contribution in [0.1, 0.15) is 16.0 Å². The van der Waals surface area contributed by atoms with Gasteiger partial charge in [-0.15, -0.1) is 0 Å². The highest BCUT2D eigenvalue weighted by molar-refractivity contribution is 9.09. The van der Waals surface area contributed by atoms with Gasteiger partial charge >= 0.3 is 0 Å². The van der Waals surface area contributed by atoms with E-state index in [9.17, 15) is 0 Å². The Morgan fingerprint density at radius 2 is 1.60 bits per heavy atom. The van der Waals surface area contributed by atoms with Gasteiger partial charge in [-0.25, -0.2) is 0 Å². The third kappa shape index (κ3) is 3.40. The zero-order chi connectivity index (χ0) is 14.7. The molecule has 0 N–H and O–H groups in total. The third-order valence-electron chi connectivity index (χ3n) is 2.89. The van der Waals surface area contributed by atoms with Gasteiger partial charge in [0.1, 0.15) is 11.5 Å². The molecule has 0 aliphatic carbocycles. The quantitative estimate of drug-likeness (QED) is 0.657. The molecule has 20 heavy (non-hydrogen) atoms. The molecule has 0 saturated heterocycles. The molecule has 1 unspecified atom stereocenters. The van der Waals surface area contributed by atoms with E-state index in [1.807, 2.05) is 30.3 Å². The van der Waals surface area contributed by atoms with Gasteiger partial charge in [0.25, 0.3) is 0 Å². The average molecular weight is 376 g/mol. The molecule has 0 saturated carbocycles. The molecule has 2 rings (SSSR count). The summed E-state index contributed by atoms with van der Waals surface area (Å²) in [4.78, 5) is -0.0938. The molecule has 106 valence electrons. The number of alkyl halides is 1. The van der Waals surface area contributed by atoms with Crippen LogP contribution in [-0.2, 0) is 0 Å².